The number of aryl methyl sites for hydroxylation is 1. The minimum atomic E-state index is -0.961. The quantitative estimate of drug-likeness (QED) is 0.721. The summed E-state index contributed by atoms with van der Waals surface area (Å²) in [6.07, 6.45) is 2.76. The molecule has 4 rings (SSSR count). The number of amides is 1. The second-order valence-electron chi connectivity index (χ2n) is 8.23. The number of nitrogens with one attached hydrogen (secondary N) is 1. The van der Waals surface area contributed by atoms with Crippen LogP contribution >= 0.6 is 0 Å². The van der Waals surface area contributed by atoms with Gasteiger partial charge in [0, 0.05) is 30.2 Å². The van der Waals surface area contributed by atoms with Crippen molar-refractivity contribution in [3.05, 3.63) is 65.1 Å². The lowest BCUT2D eigenvalue weighted by molar-refractivity contribution is -0.0245. The summed E-state index contributed by atoms with van der Waals surface area (Å²) in [5.74, 6) is 0.434. The first-order chi connectivity index (χ1) is 13.4. The van der Waals surface area contributed by atoms with Crippen molar-refractivity contribution in [3.8, 4) is 0 Å². The van der Waals surface area contributed by atoms with Crippen LogP contribution in [0, 0.1) is 6.92 Å². The van der Waals surface area contributed by atoms with Gasteiger partial charge in [0.05, 0.1) is 5.69 Å². The Morgan fingerprint density at radius 2 is 1.93 bits per heavy atom. The largest absolute Gasteiger partial charge is 0.383 e. The Morgan fingerprint density at radius 1 is 1.18 bits per heavy atom. The molecular weight excluding hydrogens is 350 g/mol. The number of piperidine rings is 1. The molecule has 0 bridgehead atoms. The highest BCUT2D eigenvalue weighted by atomic mass is 16.3. The van der Waals surface area contributed by atoms with Crippen LogP contribution in [0.2, 0.25) is 0 Å². The minimum absolute atomic E-state index is 0.0128. The van der Waals surface area contributed by atoms with E-state index in [1.54, 1.807) is 6.20 Å². The van der Waals surface area contributed by atoms with E-state index in [2.05, 4.69) is 42.0 Å². The van der Waals surface area contributed by atoms with Crippen molar-refractivity contribution in [1.82, 2.24) is 14.9 Å². The Balaban J connectivity index is 1.49. The molecule has 0 radical (unpaired) electrons. The number of aliphatic hydroxyl groups is 1. The maximum atomic E-state index is 13.0. The summed E-state index contributed by atoms with van der Waals surface area (Å²) >= 11 is 0. The predicted octanol–water partition coefficient (Wildman–Crippen LogP) is 4.12. The molecule has 1 amide bonds. The van der Waals surface area contributed by atoms with Crippen molar-refractivity contribution in [2.24, 2.45) is 0 Å². The number of nitrogens with zero attached hydrogens (tertiary/aromatic N) is 2. The lowest BCUT2D eigenvalue weighted by Gasteiger charge is -2.37. The summed E-state index contributed by atoms with van der Waals surface area (Å²) in [6.45, 7) is 7.32. The van der Waals surface area contributed by atoms with Gasteiger partial charge < -0.3 is 15.0 Å². The maximum Gasteiger partial charge on any atom is 0.270 e. The first kappa shape index (κ1) is 18.7. The van der Waals surface area contributed by atoms with Crippen LogP contribution in [0.5, 0.6) is 0 Å². The number of pyridine rings is 1. The molecule has 1 aliphatic heterocycles. The monoisotopic (exact) mass is 377 g/mol. The highest BCUT2D eigenvalue weighted by Crippen LogP contribution is 2.32. The third kappa shape index (κ3) is 3.42. The Kier molecular flexibility index (Phi) is 4.71. The molecule has 0 spiro atoms. The van der Waals surface area contributed by atoms with Crippen molar-refractivity contribution in [2.75, 3.05) is 13.1 Å². The van der Waals surface area contributed by atoms with E-state index in [0.717, 1.165) is 16.5 Å². The number of aromatic nitrogens is 2. The lowest BCUT2D eigenvalue weighted by Crippen LogP contribution is -2.45. The van der Waals surface area contributed by atoms with Gasteiger partial charge in [0.15, 0.2) is 0 Å². The molecule has 0 aliphatic carbocycles. The number of benzene rings is 1. The van der Waals surface area contributed by atoms with Crippen molar-refractivity contribution < 1.29 is 9.90 Å². The fourth-order valence-corrected chi connectivity index (χ4v) is 3.87. The second kappa shape index (κ2) is 7.06. The van der Waals surface area contributed by atoms with Gasteiger partial charge in [-0.25, -0.2) is 0 Å². The van der Waals surface area contributed by atoms with Gasteiger partial charge in [-0.3, -0.25) is 9.78 Å². The van der Waals surface area contributed by atoms with Gasteiger partial charge in [-0.1, -0.05) is 32.0 Å². The third-order valence-electron chi connectivity index (χ3n) is 5.81. The van der Waals surface area contributed by atoms with Gasteiger partial charge in [-0.05, 0) is 55.0 Å². The minimum Gasteiger partial charge on any atom is -0.383 e. The van der Waals surface area contributed by atoms with Gasteiger partial charge in [0.25, 0.3) is 5.91 Å². The summed E-state index contributed by atoms with van der Waals surface area (Å²) in [7, 11) is 0. The van der Waals surface area contributed by atoms with Crippen LogP contribution in [0.25, 0.3) is 10.9 Å². The molecule has 3 heterocycles. The number of hydrogen-bond donors (Lipinski definition) is 2. The van der Waals surface area contributed by atoms with Crippen LogP contribution in [0.3, 0.4) is 0 Å². The van der Waals surface area contributed by atoms with E-state index in [-0.39, 0.29) is 5.91 Å². The highest BCUT2D eigenvalue weighted by Gasteiger charge is 2.37. The summed E-state index contributed by atoms with van der Waals surface area (Å²) in [6, 6.07) is 12.1. The van der Waals surface area contributed by atoms with E-state index >= 15 is 0 Å². The number of hydrogen-bond acceptors (Lipinski definition) is 3. The summed E-state index contributed by atoms with van der Waals surface area (Å²) in [4.78, 5) is 22.5. The molecule has 0 atom stereocenters. The number of carbonyl (C=O) groups is 1. The van der Waals surface area contributed by atoms with Gasteiger partial charge in [-0.15, -0.1) is 0 Å². The van der Waals surface area contributed by atoms with Crippen LogP contribution in [-0.4, -0.2) is 39.0 Å². The molecule has 3 aromatic rings. The normalized spacial score (nSPS) is 16.7. The van der Waals surface area contributed by atoms with E-state index in [0.29, 0.717) is 43.2 Å². The third-order valence-corrected chi connectivity index (χ3v) is 5.81. The van der Waals surface area contributed by atoms with Crippen LogP contribution in [0.4, 0.5) is 0 Å². The maximum absolute atomic E-state index is 13.0. The Morgan fingerprint density at radius 3 is 2.57 bits per heavy atom. The first-order valence-electron chi connectivity index (χ1n) is 9.93. The molecule has 2 aromatic heterocycles. The van der Waals surface area contributed by atoms with E-state index in [1.807, 2.05) is 30.0 Å². The van der Waals surface area contributed by atoms with E-state index in [4.69, 9.17) is 0 Å². The Labute approximate surface area is 165 Å². The molecule has 1 fully saturated rings. The summed E-state index contributed by atoms with van der Waals surface area (Å²) in [5, 5.41) is 12.0. The molecular formula is C23H27N3O2. The van der Waals surface area contributed by atoms with Crippen LogP contribution in [0.1, 0.15) is 59.9 Å². The molecule has 28 heavy (non-hydrogen) atoms. The van der Waals surface area contributed by atoms with Crippen molar-refractivity contribution in [1.29, 1.82) is 0 Å². The predicted molar refractivity (Wildman–Crippen MR) is 110 cm³/mol. The van der Waals surface area contributed by atoms with Crippen LogP contribution < -0.4 is 0 Å². The number of aromatic amines is 1. The summed E-state index contributed by atoms with van der Waals surface area (Å²) in [5.41, 5.74) is 3.65. The smallest absolute Gasteiger partial charge is 0.270 e. The molecule has 5 heteroatoms. The molecule has 5 nitrogen and oxygen atoms in total. The average molecular weight is 377 g/mol. The topological polar surface area (TPSA) is 69.2 Å². The zero-order valence-electron chi connectivity index (χ0n) is 16.7. The van der Waals surface area contributed by atoms with Crippen LogP contribution in [0.15, 0.2) is 42.6 Å². The van der Waals surface area contributed by atoms with Crippen molar-refractivity contribution in [3.63, 3.8) is 0 Å². The molecule has 1 aromatic carbocycles. The molecule has 1 aliphatic rings. The van der Waals surface area contributed by atoms with Gasteiger partial charge >= 0.3 is 0 Å². The van der Waals surface area contributed by atoms with Crippen molar-refractivity contribution >= 4 is 16.8 Å². The Bertz CT molecular complexity index is 996. The zero-order chi connectivity index (χ0) is 19.9. The molecule has 0 unspecified atom stereocenters. The molecule has 2 N–H and O–H groups in total. The fourth-order valence-electron chi connectivity index (χ4n) is 3.87. The van der Waals surface area contributed by atoms with E-state index in [9.17, 15) is 9.90 Å². The van der Waals surface area contributed by atoms with Gasteiger partial charge in [-0.2, -0.15) is 0 Å². The molecule has 0 saturated carbocycles. The lowest BCUT2D eigenvalue weighted by atomic mass is 9.87. The first-order valence-corrected chi connectivity index (χ1v) is 9.93. The standard InChI is InChI=1S/C23H27N3O2/c1-15(2)17-5-6-18-13-20(25-19(18)12-17)22(27)26-10-8-23(28,9-11-26)21-7-4-16(3)14-24-21/h4-7,12-15,25,28H,8-11H2,1-3H3. The SMILES string of the molecule is Cc1ccc(C2(O)CCN(C(=O)c3cc4ccc(C(C)C)cc4[nH]3)CC2)nc1. The van der Waals surface area contributed by atoms with Gasteiger partial charge in [0.1, 0.15) is 11.3 Å². The number of carbonyl (C=O) groups excluding carboxylic acids is 1. The number of fused-ring (bicyclic) bond motifs is 1. The number of rotatable bonds is 3. The van der Waals surface area contributed by atoms with Crippen molar-refractivity contribution in [2.45, 2.75) is 45.1 Å². The van der Waals surface area contributed by atoms with E-state index in [1.165, 1.54) is 5.56 Å². The Hall–Kier alpha value is -2.66. The van der Waals surface area contributed by atoms with Crippen LogP contribution in [-0.2, 0) is 5.60 Å². The van der Waals surface area contributed by atoms with E-state index < -0.39 is 5.60 Å². The number of H-pyrrole nitrogens is 1. The zero-order valence-corrected chi connectivity index (χ0v) is 16.7. The fraction of sp³-hybridized carbons (Fsp3) is 0.391. The number of likely N-dealkylation sites (tertiary alicyclic amines) is 1. The highest BCUT2D eigenvalue weighted by molar-refractivity contribution is 5.98. The average Bonchev–Trinajstić information content (AvgIpc) is 3.11. The van der Waals surface area contributed by atoms with Gasteiger partial charge in [0.2, 0.25) is 0 Å². The second-order valence-corrected chi connectivity index (χ2v) is 8.23. The summed E-state index contributed by atoms with van der Waals surface area (Å²) < 4.78 is 0. The molecule has 146 valence electrons. The molecule has 1 saturated heterocycles.